The number of rotatable bonds is 6. The van der Waals surface area contributed by atoms with Gasteiger partial charge in [-0.15, -0.1) is 16.9 Å². The van der Waals surface area contributed by atoms with Gasteiger partial charge in [-0.1, -0.05) is 12.0 Å². The number of hydrogen-bond donors (Lipinski definition) is 1. The van der Waals surface area contributed by atoms with Crippen LogP contribution in [0, 0.1) is 5.92 Å². The summed E-state index contributed by atoms with van der Waals surface area (Å²) in [6.45, 7) is 3.09. The molecule has 0 radical (unpaired) electrons. The average Bonchev–Trinajstić information content (AvgIpc) is 3.27. The Hall–Kier alpha value is -2.69. The monoisotopic (exact) mass is 472 g/mol. The lowest BCUT2D eigenvalue weighted by Gasteiger charge is -2.30. The van der Waals surface area contributed by atoms with Crippen molar-refractivity contribution in [2.75, 3.05) is 24.7 Å². The van der Waals surface area contributed by atoms with Crippen LogP contribution in [-0.2, 0) is 10.0 Å². The van der Waals surface area contributed by atoms with Crippen molar-refractivity contribution in [3.05, 3.63) is 54.1 Å². The van der Waals surface area contributed by atoms with Crippen molar-refractivity contribution >= 4 is 33.7 Å². The van der Waals surface area contributed by atoms with Gasteiger partial charge in [-0.05, 0) is 73.5 Å². The van der Waals surface area contributed by atoms with Crippen LogP contribution in [0.25, 0.3) is 11.5 Å². The number of carbonyl (C=O) groups is 1. The van der Waals surface area contributed by atoms with Crippen molar-refractivity contribution in [3.8, 4) is 11.5 Å². The molecule has 1 unspecified atom stereocenters. The summed E-state index contributed by atoms with van der Waals surface area (Å²) in [5.74, 6) is 0.171. The second-order valence-corrected chi connectivity index (χ2v) is 10.5. The van der Waals surface area contributed by atoms with Gasteiger partial charge in [0.05, 0.1) is 4.90 Å². The van der Waals surface area contributed by atoms with Gasteiger partial charge in [-0.3, -0.25) is 10.1 Å². The summed E-state index contributed by atoms with van der Waals surface area (Å²) < 4.78 is 32.8. The van der Waals surface area contributed by atoms with Gasteiger partial charge >= 0.3 is 6.01 Å². The van der Waals surface area contributed by atoms with E-state index in [9.17, 15) is 13.2 Å². The number of anilines is 1. The fourth-order valence-corrected chi connectivity index (χ4v) is 5.59. The van der Waals surface area contributed by atoms with Gasteiger partial charge in [0.15, 0.2) is 0 Å². The Balaban J connectivity index is 1.43. The van der Waals surface area contributed by atoms with Crippen LogP contribution in [0.4, 0.5) is 6.01 Å². The highest BCUT2D eigenvalue weighted by Gasteiger charge is 2.28. The highest BCUT2D eigenvalue weighted by molar-refractivity contribution is 7.98. The molecule has 2 aromatic carbocycles. The van der Waals surface area contributed by atoms with Gasteiger partial charge in [0, 0.05) is 29.1 Å². The maximum atomic E-state index is 12.9. The smallest absolute Gasteiger partial charge is 0.322 e. The van der Waals surface area contributed by atoms with Crippen LogP contribution in [0.5, 0.6) is 0 Å². The van der Waals surface area contributed by atoms with E-state index in [0.717, 1.165) is 23.3 Å². The molecule has 1 saturated heterocycles. The van der Waals surface area contributed by atoms with E-state index in [1.807, 2.05) is 30.5 Å². The summed E-state index contributed by atoms with van der Waals surface area (Å²) >= 11 is 1.63. The Morgan fingerprint density at radius 3 is 2.50 bits per heavy atom. The topological polar surface area (TPSA) is 105 Å². The highest BCUT2D eigenvalue weighted by Crippen LogP contribution is 2.25. The van der Waals surface area contributed by atoms with Crippen molar-refractivity contribution in [2.45, 2.75) is 29.6 Å². The molecule has 0 spiro atoms. The van der Waals surface area contributed by atoms with E-state index in [-0.39, 0.29) is 10.9 Å². The van der Waals surface area contributed by atoms with Crippen LogP contribution in [0.2, 0.25) is 0 Å². The number of thioether (sulfide) groups is 1. The first-order valence-corrected chi connectivity index (χ1v) is 12.9. The Morgan fingerprint density at radius 1 is 1.12 bits per heavy atom. The van der Waals surface area contributed by atoms with Gasteiger partial charge in [-0.25, -0.2) is 8.42 Å². The normalized spacial score (nSPS) is 17.2. The molecule has 0 saturated carbocycles. The third-order valence-electron chi connectivity index (χ3n) is 5.36. The molecule has 3 aromatic rings. The Kier molecular flexibility index (Phi) is 6.63. The third-order valence-corrected chi connectivity index (χ3v) is 7.98. The molecule has 0 aliphatic carbocycles. The van der Waals surface area contributed by atoms with E-state index in [2.05, 4.69) is 22.4 Å². The largest absolute Gasteiger partial charge is 0.403 e. The first-order valence-electron chi connectivity index (χ1n) is 10.3. The Labute approximate surface area is 191 Å². The quantitative estimate of drug-likeness (QED) is 0.538. The zero-order chi connectivity index (χ0) is 22.7. The van der Waals surface area contributed by atoms with Crippen LogP contribution in [0.3, 0.4) is 0 Å². The zero-order valence-electron chi connectivity index (χ0n) is 17.8. The maximum absolute atomic E-state index is 12.9. The highest BCUT2D eigenvalue weighted by atomic mass is 32.2. The van der Waals surface area contributed by atoms with Crippen LogP contribution in [0.1, 0.15) is 30.1 Å². The number of hydrogen-bond acceptors (Lipinski definition) is 7. The number of amides is 1. The van der Waals surface area contributed by atoms with Gasteiger partial charge < -0.3 is 4.42 Å². The number of piperidine rings is 1. The fraction of sp³-hybridized carbons (Fsp3) is 0.318. The third kappa shape index (κ3) is 4.87. The lowest BCUT2D eigenvalue weighted by molar-refractivity contribution is 0.102. The standard InChI is InChI=1S/C22H24N4O4S2/c1-15-4-3-13-26(14-15)32(28,29)19-11-7-16(8-12-19)20(27)23-22-25-24-21(30-22)17-5-9-18(31-2)10-6-17/h5-12,15H,3-4,13-14H2,1-2H3,(H,23,25,27). The van der Waals surface area contributed by atoms with E-state index >= 15 is 0 Å². The summed E-state index contributed by atoms with van der Waals surface area (Å²) in [4.78, 5) is 13.8. The molecule has 1 aliphatic rings. The summed E-state index contributed by atoms with van der Waals surface area (Å²) in [5.41, 5.74) is 1.04. The molecule has 32 heavy (non-hydrogen) atoms. The molecule has 1 aliphatic heterocycles. The Morgan fingerprint density at radius 2 is 1.84 bits per heavy atom. The van der Waals surface area contributed by atoms with Gasteiger partial charge in [0.25, 0.3) is 5.91 Å². The molecule has 10 heteroatoms. The van der Waals surface area contributed by atoms with Crippen LogP contribution in [0.15, 0.2) is 62.7 Å². The predicted molar refractivity (Wildman–Crippen MR) is 123 cm³/mol. The first-order chi connectivity index (χ1) is 15.4. The van der Waals surface area contributed by atoms with Crippen LogP contribution in [-0.4, -0.2) is 48.2 Å². The molecule has 1 aromatic heterocycles. The molecule has 4 rings (SSSR count). The minimum absolute atomic E-state index is 0.0297. The molecule has 168 valence electrons. The molecular formula is C22H24N4O4S2. The van der Waals surface area contributed by atoms with E-state index in [4.69, 9.17) is 4.42 Å². The maximum Gasteiger partial charge on any atom is 0.322 e. The summed E-state index contributed by atoms with van der Waals surface area (Å²) in [5, 5.41) is 10.4. The number of aromatic nitrogens is 2. The minimum Gasteiger partial charge on any atom is -0.403 e. The summed E-state index contributed by atoms with van der Waals surface area (Å²) in [7, 11) is -3.57. The molecule has 1 fully saturated rings. The molecular weight excluding hydrogens is 448 g/mol. The van der Waals surface area contributed by atoms with Crippen molar-refractivity contribution in [3.63, 3.8) is 0 Å². The molecule has 1 N–H and O–H groups in total. The zero-order valence-corrected chi connectivity index (χ0v) is 19.4. The lowest BCUT2D eigenvalue weighted by Crippen LogP contribution is -2.39. The van der Waals surface area contributed by atoms with Gasteiger partial charge in [0.1, 0.15) is 0 Å². The second-order valence-electron chi connectivity index (χ2n) is 7.73. The van der Waals surface area contributed by atoms with Crippen molar-refractivity contribution in [1.29, 1.82) is 0 Å². The second kappa shape index (κ2) is 9.43. The first kappa shape index (κ1) is 22.5. The van der Waals surface area contributed by atoms with Crippen LogP contribution >= 0.6 is 11.8 Å². The van der Waals surface area contributed by atoms with Crippen molar-refractivity contribution in [2.24, 2.45) is 5.92 Å². The van der Waals surface area contributed by atoms with Crippen molar-refractivity contribution < 1.29 is 17.6 Å². The Bertz CT molecular complexity index is 1190. The van der Waals surface area contributed by atoms with Gasteiger partial charge in [-0.2, -0.15) is 4.31 Å². The molecule has 0 bridgehead atoms. The van der Waals surface area contributed by atoms with Gasteiger partial charge in [0.2, 0.25) is 15.9 Å². The molecule has 1 atom stereocenters. The summed E-state index contributed by atoms with van der Waals surface area (Å²) in [6.07, 6.45) is 3.88. The number of sulfonamides is 1. The number of nitrogens with one attached hydrogen (secondary N) is 1. The number of carbonyl (C=O) groups excluding carboxylic acids is 1. The summed E-state index contributed by atoms with van der Waals surface area (Å²) in [6, 6.07) is 13.5. The van der Waals surface area contributed by atoms with Crippen molar-refractivity contribution in [1.82, 2.24) is 14.5 Å². The van der Waals surface area contributed by atoms with E-state index in [1.54, 1.807) is 11.8 Å². The van der Waals surface area contributed by atoms with E-state index in [0.29, 0.717) is 30.5 Å². The average molecular weight is 473 g/mol. The van der Waals surface area contributed by atoms with Crippen LogP contribution < -0.4 is 5.32 Å². The SMILES string of the molecule is CSc1ccc(-c2nnc(NC(=O)c3ccc(S(=O)(=O)N4CCCC(C)C4)cc3)o2)cc1. The van der Waals surface area contributed by atoms with E-state index in [1.165, 1.54) is 28.6 Å². The predicted octanol–water partition coefficient (Wildman–Crippen LogP) is 4.13. The molecule has 1 amide bonds. The van der Waals surface area contributed by atoms with E-state index < -0.39 is 15.9 Å². The number of nitrogens with zero attached hydrogens (tertiary/aromatic N) is 3. The molecule has 8 nitrogen and oxygen atoms in total. The lowest BCUT2D eigenvalue weighted by atomic mass is 10.0. The number of benzene rings is 2. The minimum atomic E-state index is -3.57. The molecule has 2 heterocycles. The fourth-order valence-electron chi connectivity index (χ4n) is 3.59.